The number of ether oxygens (including phenoxy) is 2. The molecule has 0 aliphatic carbocycles. The molecule has 9 heteroatoms. The minimum Gasteiger partial charge on any atom is -0.464 e. The van der Waals surface area contributed by atoms with Crippen LogP contribution in [0.25, 0.3) is 17.1 Å². The van der Waals surface area contributed by atoms with Crippen LogP contribution >= 0.6 is 0 Å². The normalized spacial score (nSPS) is 12.3. The van der Waals surface area contributed by atoms with Gasteiger partial charge >= 0.3 is 12.1 Å². The smallest absolute Gasteiger partial charge is 0.418 e. The number of halogens is 3. The number of carbonyl (C=O) groups excluding carboxylic acids is 1. The molecule has 1 aliphatic heterocycles. The zero-order valence-corrected chi connectivity index (χ0v) is 13.2. The van der Waals surface area contributed by atoms with Crippen LogP contribution in [-0.4, -0.2) is 27.8 Å². The van der Waals surface area contributed by atoms with Crippen LogP contribution in [0.15, 0.2) is 42.6 Å². The van der Waals surface area contributed by atoms with Crippen LogP contribution in [0.5, 0.6) is 11.5 Å². The van der Waals surface area contributed by atoms with Crippen LogP contribution in [0.2, 0.25) is 0 Å². The van der Waals surface area contributed by atoms with Gasteiger partial charge in [0.05, 0.1) is 18.4 Å². The van der Waals surface area contributed by atoms with Crippen LogP contribution in [0.3, 0.4) is 0 Å². The molecule has 3 aromatic rings. The Morgan fingerprint density at radius 1 is 1.19 bits per heavy atom. The average molecular weight is 361 g/mol. The molecule has 0 unspecified atom stereocenters. The maximum absolute atomic E-state index is 13.0. The summed E-state index contributed by atoms with van der Waals surface area (Å²) in [4.78, 5) is 15.7. The highest BCUT2D eigenvalue weighted by molar-refractivity contribution is 5.89. The van der Waals surface area contributed by atoms with Crippen molar-refractivity contribution in [1.82, 2.24) is 14.8 Å². The summed E-state index contributed by atoms with van der Waals surface area (Å²) in [6.45, 7) is 0. The quantitative estimate of drug-likeness (QED) is 0.482. The highest BCUT2D eigenvalue weighted by Gasteiger charge is 2.34. The number of para-hydroxylation sites is 1. The summed E-state index contributed by atoms with van der Waals surface area (Å²) in [5, 5.41) is 4.13. The van der Waals surface area contributed by atoms with E-state index >= 15 is 0 Å². The lowest BCUT2D eigenvalue weighted by atomic mass is 10.1. The average Bonchev–Trinajstić information content (AvgIpc) is 3.00. The summed E-state index contributed by atoms with van der Waals surface area (Å²) in [6, 6.07) is 9.07. The number of benzene rings is 1. The van der Waals surface area contributed by atoms with E-state index in [0.717, 1.165) is 6.07 Å². The van der Waals surface area contributed by atoms with Crippen LogP contribution in [0.4, 0.5) is 13.2 Å². The molecule has 0 N–H and O–H groups in total. The summed E-state index contributed by atoms with van der Waals surface area (Å²) in [5.41, 5.74) is 0.0677. The number of aromatic nitrogens is 3. The van der Waals surface area contributed by atoms with E-state index in [4.69, 9.17) is 4.74 Å². The molecular weight excluding hydrogens is 351 g/mol. The standard InChI is InChI=1S/C17H10F3N3O3/c1-25-16(24)11-7-12-10-4-2-3-5-13(10)26-14-6-9(17(18,19)20)8-21-15(14)23(12)22-11/h2-8H,1H3. The third-order valence-electron chi connectivity index (χ3n) is 3.85. The fourth-order valence-electron chi connectivity index (χ4n) is 2.65. The molecule has 0 fully saturated rings. The second-order valence-electron chi connectivity index (χ2n) is 5.46. The van der Waals surface area contributed by atoms with Gasteiger partial charge in [-0.05, 0) is 24.3 Å². The first kappa shape index (κ1) is 16.1. The number of carbonyl (C=O) groups is 1. The molecule has 0 saturated heterocycles. The summed E-state index contributed by atoms with van der Waals surface area (Å²) in [5.74, 6) is -0.424. The zero-order valence-electron chi connectivity index (χ0n) is 13.2. The van der Waals surface area contributed by atoms with Crippen molar-refractivity contribution in [3.8, 4) is 28.6 Å². The third-order valence-corrected chi connectivity index (χ3v) is 3.85. The van der Waals surface area contributed by atoms with Gasteiger partial charge < -0.3 is 9.47 Å². The van der Waals surface area contributed by atoms with Crippen molar-refractivity contribution in [2.45, 2.75) is 6.18 Å². The Labute approximate surface area is 144 Å². The number of nitrogens with zero attached hydrogens (tertiary/aromatic N) is 3. The molecule has 0 amide bonds. The molecule has 1 aliphatic rings. The van der Waals surface area contributed by atoms with E-state index in [1.807, 2.05) is 0 Å². The van der Waals surface area contributed by atoms with Gasteiger partial charge in [-0.2, -0.15) is 18.3 Å². The highest BCUT2D eigenvalue weighted by atomic mass is 19.4. The fourth-order valence-corrected chi connectivity index (χ4v) is 2.65. The molecule has 0 spiro atoms. The number of methoxy groups -OCH3 is 1. The monoisotopic (exact) mass is 361 g/mol. The van der Waals surface area contributed by atoms with E-state index in [1.165, 1.54) is 17.9 Å². The summed E-state index contributed by atoms with van der Waals surface area (Å²) in [6.07, 6.45) is -3.87. The Morgan fingerprint density at radius 3 is 2.69 bits per heavy atom. The Balaban J connectivity index is 1.99. The lowest BCUT2D eigenvalue weighted by Crippen LogP contribution is -2.09. The van der Waals surface area contributed by atoms with E-state index in [-0.39, 0.29) is 17.3 Å². The third kappa shape index (κ3) is 2.48. The van der Waals surface area contributed by atoms with Crippen molar-refractivity contribution >= 4 is 5.97 Å². The van der Waals surface area contributed by atoms with Gasteiger partial charge in [0.25, 0.3) is 0 Å². The predicted octanol–water partition coefficient (Wildman–Crippen LogP) is 3.85. The minimum atomic E-state index is -4.57. The van der Waals surface area contributed by atoms with E-state index in [1.54, 1.807) is 24.3 Å². The Bertz CT molecular complexity index is 1030. The van der Waals surface area contributed by atoms with E-state index in [9.17, 15) is 18.0 Å². The Hall–Kier alpha value is -3.36. The van der Waals surface area contributed by atoms with Crippen molar-refractivity contribution in [2.75, 3.05) is 7.11 Å². The first-order valence-corrected chi connectivity index (χ1v) is 7.42. The first-order valence-electron chi connectivity index (χ1n) is 7.42. The molecule has 1 aromatic carbocycles. The van der Waals surface area contributed by atoms with Crippen molar-refractivity contribution in [2.24, 2.45) is 0 Å². The van der Waals surface area contributed by atoms with Crippen molar-refractivity contribution in [3.05, 3.63) is 53.9 Å². The summed E-state index contributed by atoms with van der Waals surface area (Å²) in [7, 11) is 1.21. The lowest BCUT2D eigenvalue weighted by molar-refractivity contribution is -0.137. The largest absolute Gasteiger partial charge is 0.464 e. The second-order valence-corrected chi connectivity index (χ2v) is 5.46. The number of pyridine rings is 1. The lowest BCUT2D eigenvalue weighted by Gasteiger charge is -2.11. The summed E-state index contributed by atoms with van der Waals surface area (Å²) < 4.78 is 50.7. The van der Waals surface area contributed by atoms with Gasteiger partial charge in [0.2, 0.25) is 0 Å². The molecule has 132 valence electrons. The van der Waals surface area contributed by atoms with Crippen molar-refractivity contribution in [1.29, 1.82) is 0 Å². The molecule has 0 radical (unpaired) electrons. The second kappa shape index (κ2) is 5.58. The van der Waals surface area contributed by atoms with E-state index in [2.05, 4.69) is 14.8 Å². The number of esters is 1. The number of fused-ring (bicyclic) bond motifs is 5. The number of hydrogen-bond donors (Lipinski definition) is 0. The molecule has 0 atom stereocenters. The van der Waals surface area contributed by atoms with Gasteiger partial charge in [-0.15, -0.1) is 0 Å². The molecule has 6 nitrogen and oxygen atoms in total. The topological polar surface area (TPSA) is 66.2 Å². The molecule has 26 heavy (non-hydrogen) atoms. The minimum absolute atomic E-state index is 0.00634. The van der Waals surface area contributed by atoms with Gasteiger partial charge in [-0.1, -0.05) is 12.1 Å². The molecule has 2 aromatic heterocycles. The van der Waals surface area contributed by atoms with E-state index < -0.39 is 17.7 Å². The van der Waals surface area contributed by atoms with Crippen LogP contribution in [0, 0.1) is 0 Å². The number of alkyl halides is 3. The van der Waals surface area contributed by atoms with Crippen LogP contribution in [-0.2, 0) is 10.9 Å². The SMILES string of the molecule is COC(=O)c1cc2n(n1)-c1ncc(C(F)(F)F)cc1Oc1ccccc1-2. The fraction of sp³-hybridized carbons (Fsp3) is 0.118. The molecule has 3 heterocycles. The maximum atomic E-state index is 13.0. The summed E-state index contributed by atoms with van der Waals surface area (Å²) >= 11 is 0. The molecule has 0 saturated carbocycles. The van der Waals surface area contributed by atoms with Crippen molar-refractivity contribution in [3.63, 3.8) is 0 Å². The zero-order chi connectivity index (χ0) is 18.5. The van der Waals surface area contributed by atoms with E-state index in [0.29, 0.717) is 23.2 Å². The number of rotatable bonds is 1. The van der Waals surface area contributed by atoms with Gasteiger partial charge in [0.1, 0.15) is 5.75 Å². The maximum Gasteiger partial charge on any atom is 0.418 e. The molecule has 0 bridgehead atoms. The van der Waals surface area contributed by atoms with Gasteiger partial charge in [0, 0.05) is 11.8 Å². The van der Waals surface area contributed by atoms with Gasteiger partial charge in [-0.3, -0.25) is 0 Å². The van der Waals surface area contributed by atoms with Gasteiger partial charge in [0.15, 0.2) is 17.3 Å². The molecule has 4 rings (SSSR count). The Morgan fingerprint density at radius 2 is 1.96 bits per heavy atom. The Kier molecular flexibility index (Phi) is 3.46. The van der Waals surface area contributed by atoms with Gasteiger partial charge in [-0.25, -0.2) is 14.5 Å². The first-order chi connectivity index (χ1) is 12.4. The van der Waals surface area contributed by atoms with Crippen molar-refractivity contribution < 1.29 is 27.4 Å². The predicted molar refractivity (Wildman–Crippen MR) is 83.2 cm³/mol. The highest BCUT2D eigenvalue weighted by Crippen LogP contribution is 2.42. The number of hydrogen-bond acceptors (Lipinski definition) is 5. The van der Waals surface area contributed by atoms with Crippen LogP contribution < -0.4 is 4.74 Å². The van der Waals surface area contributed by atoms with Crippen LogP contribution in [0.1, 0.15) is 16.1 Å². The molecular formula is C17H10F3N3O3.